The molecule has 3 nitrogen and oxygen atoms in total. The van der Waals surface area contributed by atoms with Gasteiger partial charge in [-0.05, 0) is 44.2 Å². The lowest BCUT2D eigenvalue weighted by Gasteiger charge is -2.43. The minimum atomic E-state index is -0.549. The van der Waals surface area contributed by atoms with Gasteiger partial charge in [0.1, 0.15) is 11.6 Å². The second-order valence-electron chi connectivity index (χ2n) is 7.87. The van der Waals surface area contributed by atoms with Gasteiger partial charge in [-0.15, -0.1) is 0 Å². The molecule has 2 aliphatic carbocycles. The Kier molecular flexibility index (Phi) is 4.52. The number of rotatable bonds is 3. The van der Waals surface area contributed by atoms with Crippen LogP contribution in [0.15, 0.2) is 18.2 Å². The van der Waals surface area contributed by atoms with Crippen molar-refractivity contribution in [2.45, 2.75) is 68.9 Å². The Balaban J connectivity index is 1.37. The summed E-state index contributed by atoms with van der Waals surface area (Å²) in [5.74, 6) is -1.80. The Hall–Kier alpha value is -1.49. The summed E-state index contributed by atoms with van der Waals surface area (Å²) in [6, 6.07) is 4.00. The van der Waals surface area contributed by atoms with Crippen LogP contribution in [0, 0.1) is 17.6 Å². The Morgan fingerprint density at radius 1 is 1.16 bits per heavy atom. The van der Waals surface area contributed by atoms with Crippen molar-refractivity contribution >= 4 is 5.91 Å². The lowest BCUT2D eigenvalue weighted by molar-refractivity contribution is -0.129. The Morgan fingerprint density at radius 2 is 1.88 bits per heavy atom. The summed E-state index contributed by atoms with van der Waals surface area (Å²) in [6.07, 6.45) is 8.01. The molecule has 3 atom stereocenters. The van der Waals surface area contributed by atoms with Crippen LogP contribution in [0.4, 0.5) is 8.78 Å². The zero-order valence-electron chi connectivity index (χ0n) is 14.4. The monoisotopic (exact) mass is 349 g/mol. The zero-order chi connectivity index (χ0) is 17.4. The summed E-state index contributed by atoms with van der Waals surface area (Å²) in [7, 11) is 0. The van der Waals surface area contributed by atoms with E-state index >= 15 is 0 Å². The number of halogens is 2. The van der Waals surface area contributed by atoms with Crippen molar-refractivity contribution in [3.8, 4) is 0 Å². The van der Waals surface area contributed by atoms with Gasteiger partial charge in [0.25, 0.3) is 0 Å². The van der Waals surface area contributed by atoms with Crippen LogP contribution in [0.2, 0.25) is 0 Å². The van der Waals surface area contributed by atoms with E-state index in [9.17, 15) is 13.6 Å². The number of carbonyl (C=O) groups excluding carboxylic acids is 1. The molecule has 1 heterocycles. The number of carbonyl (C=O) groups is 1. The minimum absolute atomic E-state index is 0.0605. The van der Waals surface area contributed by atoms with Crippen LogP contribution in [0.5, 0.6) is 0 Å². The van der Waals surface area contributed by atoms with Crippen LogP contribution in [-0.4, -0.2) is 24.2 Å². The topological polar surface area (TPSA) is 38.3 Å². The molecule has 25 heavy (non-hydrogen) atoms. The number of ether oxygens (including phenoxy) is 1. The minimum Gasteiger partial charge on any atom is -0.375 e. The first-order valence-electron chi connectivity index (χ1n) is 9.46. The van der Waals surface area contributed by atoms with Gasteiger partial charge in [0, 0.05) is 30.0 Å². The second-order valence-corrected chi connectivity index (χ2v) is 7.87. The summed E-state index contributed by atoms with van der Waals surface area (Å²) >= 11 is 0. The van der Waals surface area contributed by atoms with E-state index in [1.54, 1.807) is 0 Å². The molecule has 0 aromatic heterocycles. The van der Waals surface area contributed by atoms with E-state index in [0.29, 0.717) is 13.0 Å². The van der Waals surface area contributed by atoms with Gasteiger partial charge in [0.15, 0.2) is 0 Å². The fourth-order valence-corrected chi connectivity index (χ4v) is 4.67. The van der Waals surface area contributed by atoms with Gasteiger partial charge in [-0.2, -0.15) is 0 Å². The molecule has 1 aromatic carbocycles. The molecular formula is C20H25F2NO2. The smallest absolute Gasteiger partial charge is 0.223 e. The van der Waals surface area contributed by atoms with Crippen LogP contribution in [0.1, 0.15) is 62.8 Å². The number of hydrogen-bond donors (Lipinski definition) is 1. The second kappa shape index (κ2) is 6.67. The number of nitrogens with one attached hydrogen (secondary N) is 1. The molecule has 136 valence electrons. The first-order valence-corrected chi connectivity index (χ1v) is 9.46. The molecular weight excluding hydrogens is 324 g/mol. The van der Waals surface area contributed by atoms with Crippen LogP contribution in [0.25, 0.3) is 0 Å². The number of benzene rings is 1. The molecule has 3 fully saturated rings. The summed E-state index contributed by atoms with van der Waals surface area (Å²) in [4.78, 5) is 12.6. The highest BCUT2D eigenvalue weighted by Crippen LogP contribution is 2.49. The van der Waals surface area contributed by atoms with Gasteiger partial charge >= 0.3 is 0 Å². The molecule has 1 spiro atoms. The quantitative estimate of drug-likeness (QED) is 0.893. The summed E-state index contributed by atoms with van der Waals surface area (Å²) in [5, 5.41) is 3.13. The zero-order valence-corrected chi connectivity index (χ0v) is 14.4. The SMILES string of the molecule is O=C(N[C@@H]1CCOC2(CCCCC2)C1)[C@@H]1C[C@@H]1c1c(F)cccc1F. The molecule has 2 saturated carbocycles. The normalized spacial score (nSPS) is 30.9. The molecule has 1 saturated heterocycles. The summed E-state index contributed by atoms with van der Waals surface area (Å²) in [6.45, 7) is 0.682. The average Bonchev–Trinajstić information content (AvgIpc) is 3.36. The van der Waals surface area contributed by atoms with Crippen LogP contribution < -0.4 is 5.32 Å². The first kappa shape index (κ1) is 17.0. The Morgan fingerprint density at radius 3 is 2.60 bits per heavy atom. The average molecular weight is 349 g/mol. The molecule has 4 rings (SSSR count). The maximum atomic E-state index is 13.9. The Bertz CT molecular complexity index is 631. The van der Waals surface area contributed by atoms with Crippen LogP contribution >= 0.6 is 0 Å². The molecule has 1 amide bonds. The highest BCUT2D eigenvalue weighted by molar-refractivity contribution is 5.83. The van der Waals surface area contributed by atoms with E-state index in [0.717, 1.165) is 25.7 Å². The molecule has 5 heteroatoms. The van der Waals surface area contributed by atoms with Gasteiger partial charge < -0.3 is 10.1 Å². The molecule has 0 radical (unpaired) electrons. The van der Waals surface area contributed by atoms with Crippen molar-refractivity contribution in [1.82, 2.24) is 5.32 Å². The van der Waals surface area contributed by atoms with Crippen LogP contribution in [-0.2, 0) is 9.53 Å². The van der Waals surface area contributed by atoms with E-state index in [-0.39, 0.29) is 34.9 Å². The van der Waals surface area contributed by atoms with E-state index < -0.39 is 11.6 Å². The lowest BCUT2D eigenvalue weighted by Crippen LogP contribution is -2.49. The van der Waals surface area contributed by atoms with Crippen molar-refractivity contribution in [1.29, 1.82) is 0 Å². The van der Waals surface area contributed by atoms with E-state index in [1.807, 2.05) is 0 Å². The molecule has 1 aliphatic heterocycles. The maximum Gasteiger partial charge on any atom is 0.223 e. The van der Waals surface area contributed by atoms with Crippen molar-refractivity contribution in [3.63, 3.8) is 0 Å². The molecule has 3 aliphatic rings. The number of hydrogen-bond acceptors (Lipinski definition) is 2. The third-order valence-electron chi connectivity index (χ3n) is 6.10. The predicted molar refractivity (Wildman–Crippen MR) is 90.1 cm³/mol. The van der Waals surface area contributed by atoms with Gasteiger partial charge in [-0.1, -0.05) is 25.3 Å². The maximum absolute atomic E-state index is 13.9. The van der Waals surface area contributed by atoms with Crippen LogP contribution in [0.3, 0.4) is 0 Å². The predicted octanol–water partition coefficient (Wildman–Crippen LogP) is 4.07. The van der Waals surface area contributed by atoms with Crippen molar-refractivity contribution in [2.75, 3.05) is 6.61 Å². The third kappa shape index (κ3) is 3.43. The fourth-order valence-electron chi connectivity index (χ4n) is 4.67. The summed E-state index contributed by atoms with van der Waals surface area (Å²) < 4.78 is 33.8. The van der Waals surface area contributed by atoms with Gasteiger partial charge in [0.05, 0.1) is 5.60 Å². The largest absolute Gasteiger partial charge is 0.375 e. The van der Waals surface area contributed by atoms with E-state index in [2.05, 4.69) is 5.32 Å². The Labute approximate surface area is 147 Å². The fraction of sp³-hybridized carbons (Fsp3) is 0.650. The molecule has 0 bridgehead atoms. The molecule has 0 unspecified atom stereocenters. The van der Waals surface area contributed by atoms with Gasteiger partial charge in [-0.25, -0.2) is 8.78 Å². The molecule has 1 N–H and O–H groups in total. The van der Waals surface area contributed by atoms with E-state index in [4.69, 9.17) is 4.74 Å². The molecule has 1 aromatic rings. The third-order valence-corrected chi connectivity index (χ3v) is 6.10. The highest BCUT2D eigenvalue weighted by atomic mass is 19.1. The van der Waals surface area contributed by atoms with Gasteiger partial charge in [0.2, 0.25) is 5.91 Å². The standard InChI is InChI=1S/C20H25F2NO2/c21-16-5-4-6-17(22)18(16)14-11-15(14)19(24)23-13-7-10-25-20(12-13)8-2-1-3-9-20/h4-6,13-15H,1-3,7-12H2,(H,23,24)/t13-,14+,15-/m1/s1. The number of amides is 1. The summed E-state index contributed by atoms with van der Waals surface area (Å²) in [5.41, 5.74) is 0.00747. The van der Waals surface area contributed by atoms with Crippen molar-refractivity contribution in [2.24, 2.45) is 5.92 Å². The lowest BCUT2D eigenvalue weighted by atomic mass is 9.78. The first-order chi connectivity index (χ1) is 12.1. The van der Waals surface area contributed by atoms with Crippen molar-refractivity contribution < 1.29 is 18.3 Å². The van der Waals surface area contributed by atoms with Crippen molar-refractivity contribution in [3.05, 3.63) is 35.4 Å². The van der Waals surface area contributed by atoms with E-state index in [1.165, 1.54) is 37.5 Å². The van der Waals surface area contributed by atoms with Gasteiger partial charge in [-0.3, -0.25) is 4.79 Å². The highest BCUT2D eigenvalue weighted by Gasteiger charge is 2.48.